The minimum Gasteiger partial charge on any atom is -0.393 e. The van der Waals surface area contributed by atoms with E-state index in [1.807, 2.05) is 13.8 Å². The van der Waals surface area contributed by atoms with Gasteiger partial charge in [-0.05, 0) is 75.0 Å². The molecule has 0 aromatic heterocycles. The normalized spacial score (nSPS) is 49.6. The van der Waals surface area contributed by atoms with Gasteiger partial charge < -0.3 is 20.4 Å². The number of aliphatic hydroxyl groups excluding tert-OH is 4. The molecule has 152 valence electrons. The lowest BCUT2D eigenvalue weighted by atomic mass is 9.65. The molecule has 4 aliphatic carbocycles. The van der Waals surface area contributed by atoms with Crippen molar-refractivity contribution in [2.45, 2.75) is 104 Å². The Morgan fingerprint density at radius 1 is 0.692 bits per heavy atom. The van der Waals surface area contributed by atoms with Crippen molar-refractivity contribution >= 4 is 0 Å². The van der Waals surface area contributed by atoms with Crippen LogP contribution < -0.4 is 0 Å². The molecule has 0 amide bonds. The summed E-state index contributed by atoms with van der Waals surface area (Å²) in [6.07, 6.45) is 4.75. The van der Waals surface area contributed by atoms with Crippen molar-refractivity contribution in [2.75, 3.05) is 0 Å². The Hall–Kier alpha value is -0.160. The molecule has 4 aliphatic rings. The van der Waals surface area contributed by atoms with Gasteiger partial charge in [0, 0.05) is 10.8 Å². The molecule has 26 heavy (non-hydrogen) atoms. The van der Waals surface area contributed by atoms with Gasteiger partial charge in [0.1, 0.15) is 0 Å². The first-order valence-electron chi connectivity index (χ1n) is 10.6. The highest BCUT2D eigenvalue weighted by Gasteiger charge is 2.66. The van der Waals surface area contributed by atoms with E-state index in [1.165, 1.54) is 12.8 Å². The van der Waals surface area contributed by atoms with Crippen LogP contribution in [0.4, 0.5) is 0 Å². The van der Waals surface area contributed by atoms with Crippen molar-refractivity contribution in [3.8, 4) is 0 Å². The van der Waals surface area contributed by atoms with Crippen LogP contribution in [0.2, 0.25) is 0 Å². The molecule has 4 bridgehead atoms. The van der Waals surface area contributed by atoms with Crippen LogP contribution >= 0.6 is 0 Å². The molecule has 0 saturated heterocycles. The van der Waals surface area contributed by atoms with Crippen LogP contribution in [-0.2, 0) is 0 Å². The number of fused-ring (bicyclic) bond motifs is 4. The number of rotatable bonds is 2. The van der Waals surface area contributed by atoms with E-state index in [1.54, 1.807) is 0 Å². The second-order valence-corrected chi connectivity index (χ2v) is 10.9. The molecule has 0 heterocycles. The molecule has 4 rings (SSSR count). The molecule has 0 aliphatic heterocycles. The standard InChI is InChI=1S/2C11H20O2/c2*1-7(12)11-5-4-8(6-9(11)13)10(11,2)3/h2*7-9,12-13H,4-6H2,1-3H3/t2*7-,8+,9+,11+/m00/s1. The van der Waals surface area contributed by atoms with Gasteiger partial charge in [0.05, 0.1) is 24.4 Å². The van der Waals surface area contributed by atoms with Crippen molar-refractivity contribution in [3.63, 3.8) is 0 Å². The highest BCUT2D eigenvalue weighted by atomic mass is 16.3. The lowest BCUT2D eigenvalue weighted by molar-refractivity contribution is -0.0898. The van der Waals surface area contributed by atoms with E-state index in [9.17, 15) is 20.4 Å². The van der Waals surface area contributed by atoms with Crippen LogP contribution in [0.15, 0.2) is 0 Å². The van der Waals surface area contributed by atoms with Gasteiger partial charge in [-0.1, -0.05) is 27.7 Å². The molecule has 4 N–H and O–H groups in total. The van der Waals surface area contributed by atoms with Crippen molar-refractivity contribution in [1.82, 2.24) is 0 Å². The summed E-state index contributed by atoms with van der Waals surface area (Å²) in [5.41, 5.74) is -0.226. The molecular formula is C22H40O4. The molecular weight excluding hydrogens is 328 g/mol. The van der Waals surface area contributed by atoms with Gasteiger partial charge in [-0.25, -0.2) is 0 Å². The third kappa shape index (κ3) is 2.28. The van der Waals surface area contributed by atoms with Gasteiger partial charge in [0.15, 0.2) is 0 Å². The summed E-state index contributed by atoms with van der Waals surface area (Å²) in [6.45, 7) is 12.5. The molecule has 0 aromatic rings. The second-order valence-electron chi connectivity index (χ2n) is 10.9. The summed E-state index contributed by atoms with van der Waals surface area (Å²) >= 11 is 0. The third-order valence-corrected chi connectivity index (χ3v) is 9.95. The average molecular weight is 369 g/mol. The van der Waals surface area contributed by atoms with Crippen molar-refractivity contribution < 1.29 is 20.4 Å². The number of hydrogen-bond acceptors (Lipinski definition) is 4. The van der Waals surface area contributed by atoms with Crippen molar-refractivity contribution in [2.24, 2.45) is 33.5 Å². The lowest BCUT2D eigenvalue weighted by Crippen LogP contribution is -2.47. The summed E-state index contributed by atoms with van der Waals surface area (Å²) in [6, 6.07) is 0. The zero-order valence-corrected chi connectivity index (χ0v) is 17.5. The van der Waals surface area contributed by atoms with Crippen LogP contribution in [0.5, 0.6) is 0 Å². The van der Waals surface area contributed by atoms with Crippen LogP contribution in [0.25, 0.3) is 0 Å². The lowest BCUT2D eigenvalue weighted by Gasteiger charge is -2.43. The second kappa shape index (κ2) is 6.17. The smallest absolute Gasteiger partial charge is 0.0629 e. The predicted molar refractivity (Wildman–Crippen MR) is 102 cm³/mol. The fourth-order valence-electron chi connectivity index (χ4n) is 7.98. The fraction of sp³-hybridized carbons (Fsp3) is 1.00. The molecule has 4 nitrogen and oxygen atoms in total. The van der Waals surface area contributed by atoms with Gasteiger partial charge in [-0.3, -0.25) is 0 Å². The SMILES string of the molecule is C[C@H](O)[C@]12CC[C@H](C[C@H]1O)C2(C)C.C[C@H](O)[C@]12CC[C@H](C[C@H]1O)C2(C)C. The molecule has 4 fully saturated rings. The Kier molecular flexibility index (Phi) is 4.88. The van der Waals surface area contributed by atoms with E-state index in [-0.39, 0.29) is 46.1 Å². The van der Waals surface area contributed by atoms with Gasteiger partial charge >= 0.3 is 0 Å². The first kappa shape index (κ1) is 20.6. The molecule has 0 spiro atoms. The van der Waals surface area contributed by atoms with Crippen LogP contribution in [-0.4, -0.2) is 44.8 Å². The topological polar surface area (TPSA) is 80.9 Å². The molecule has 0 unspecified atom stereocenters. The first-order valence-corrected chi connectivity index (χ1v) is 10.6. The Labute approximate surface area is 159 Å². The van der Waals surface area contributed by atoms with Gasteiger partial charge in [0.2, 0.25) is 0 Å². The maximum absolute atomic E-state index is 10.0. The maximum atomic E-state index is 10.0. The fourth-order valence-corrected chi connectivity index (χ4v) is 7.98. The first-order chi connectivity index (χ1) is 11.9. The summed E-state index contributed by atoms with van der Waals surface area (Å²) in [7, 11) is 0. The highest BCUT2D eigenvalue weighted by molar-refractivity contribution is 5.15. The quantitative estimate of drug-likeness (QED) is 0.604. The predicted octanol–water partition coefficient (Wildman–Crippen LogP) is 3.11. The Balaban J connectivity index is 0.000000151. The molecule has 0 radical (unpaired) electrons. The van der Waals surface area contributed by atoms with E-state index >= 15 is 0 Å². The van der Waals surface area contributed by atoms with Crippen molar-refractivity contribution in [3.05, 3.63) is 0 Å². The zero-order valence-electron chi connectivity index (χ0n) is 17.5. The molecule has 4 heteroatoms. The minimum absolute atomic E-state index is 0.112. The number of aliphatic hydroxyl groups is 4. The Morgan fingerprint density at radius 2 is 1.00 bits per heavy atom. The van der Waals surface area contributed by atoms with E-state index < -0.39 is 0 Å². The van der Waals surface area contributed by atoms with E-state index in [0.29, 0.717) is 11.8 Å². The average Bonchev–Trinajstić information content (AvgIpc) is 3.08. The van der Waals surface area contributed by atoms with Gasteiger partial charge in [-0.15, -0.1) is 0 Å². The highest BCUT2D eigenvalue weighted by Crippen LogP contribution is 2.68. The molecule has 8 atom stereocenters. The number of hydrogen-bond donors (Lipinski definition) is 4. The van der Waals surface area contributed by atoms with Crippen LogP contribution in [0, 0.1) is 33.5 Å². The minimum atomic E-state index is -0.384. The summed E-state index contributed by atoms with van der Waals surface area (Å²) in [5, 5.41) is 39.8. The molecule has 4 saturated carbocycles. The maximum Gasteiger partial charge on any atom is 0.0629 e. The Morgan fingerprint density at radius 3 is 1.12 bits per heavy atom. The Bertz CT molecular complexity index is 492. The monoisotopic (exact) mass is 368 g/mol. The zero-order chi connectivity index (χ0) is 19.7. The van der Waals surface area contributed by atoms with Gasteiger partial charge in [-0.2, -0.15) is 0 Å². The van der Waals surface area contributed by atoms with Crippen LogP contribution in [0.3, 0.4) is 0 Å². The molecule has 0 aromatic carbocycles. The largest absolute Gasteiger partial charge is 0.393 e. The van der Waals surface area contributed by atoms with Crippen LogP contribution in [0.1, 0.15) is 80.1 Å². The summed E-state index contributed by atoms with van der Waals surface area (Å²) < 4.78 is 0. The van der Waals surface area contributed by atoms with E-state index in [4.69, 9.17) is 0 Å². The van der Waals surface area contributed by atoms with Crippen molar-refractivity contribution in [1.29, 1.82) is 0 Å². The summed E-state index contributed by atoms with van der Waals surface area (Å²) in [5.74, 6) is 1.22. The van der Waals surface area contributed by atoms with Gasteiger partial charge in [0.25, 0.3) is 0 Å². The third-order valence-electron chi connectivity index (χ3n) is 9.95. The van der Waals surface area contributed by atoms with E-state index in [0.717, 1.165) is 25.7 Å². The summed E-state index contributed by atoms with van der Waals surface area (Å²) in [4.78, 5) is 0. The van der Waals surface area contributed by atoms with E-state index in [2.05, 4.69) is 27.7 Å².